The van der Waals surface area contributed by atoms with E-state index in [1.165, 1.54) is 12.8 Å². The molecule has 2 fully saturated rings. The van der Waals surface area contributed by atoms with Crippen LogP contribution in [0.1, 0.15) is 41.6 Å². The first-order valence-electron chi connectivity index (χ1n) is 6.95. The van der Waals surface area contributed by atoms with E-state index in [4.69, 9.17) is 11.6 Å². The summed E-state index contributed by atoms with van der Waals surface area (Å²) in [5.41, 5.74) is 1.65. The van der Waals surface area contributed by atoms with Crippen LogP contribution < -0.4 is 10.6 Å². The number of carbonyl (C=O) groups excluding carboxylic acids is 1. The molecule has 2 atom stereocenters. The van der Waals surface area contributed by atoms with E-state index in [0.29, 0.717) is 22.7 Å². The molecule has 2 aliphatic rings. The quantitative estimate of drug-likeness (QED) is 0.873. The molecular formula is C15H19ClN2O. The van der Waals surface area contributed by atoms with Gasteiger partial charge in [-0.2, -0.15) is 0 Å². The zero-order valence-electron chi connectivity index (χ0n) is 11.1. The Morgan fingerprint density at radius 1 is 1.32 bits per heavy atom. The smallest absolute Gasteiger partial charge is 0.253 e. The van der Waals surface area contributed by atoms with Gasteiger partial charge >= 0.3 is 0 Å². The first-order chi connectivity index (χ1) is 9.11. The maximum atomic E-state index is 12.3. The molecule has 102 valence electrons. The maximum Gasteiger partial charge on any atom is 0.253 e. The highest BCUT2D eigenvalue weighted by atomic mass is 35.5. The number of nitrogens with one attached hydrogen (secondary N) is 2. The van der Waals surface area contributed by atoms with Gasteiger partial charge in [0, 0.05) is 18.1 Å². The van der Waals surface area contributed by atoms with Gasteiger partial charge in [0.15, 0.2) is 0 Å². The van der Waals surface area contributed by atoms with Crippen LogP contribution in [0.2, 0.25) is 5.02 Å². The van der Waals surface area contributed by atoms with Crippen LogP contribution in [-0.4, -0.2) is 24.0 Å². The monoisotopic (exact) mass is 278 g/mol. The average Bonchev–Trinajstić information content (AvgIpc) is 2.68. The Morgan fingerprint density at radius 2 is 2.00 bits per heavy atom. The molecule has 2 unspecified atom stereocenters. The predicted octanol–water partition coefficient (Wildman–Crippen LogP) is 2.66. The Hall–Kier alpha value is -1.06. The van der Waals surface area contributed by atoms with Crippen molar-refractivity contribution in [2.75, 3.05) is 0 Å². The van der Waals surface area contributed by atoms with Crippen molar-refractivity contribution in [3.05, 3.63) is 34.3 Å². The molecule has 0 saturated carbocycles. The molecule has 19 heavy (non-hydrogen) atoms. The summed E-state index contributed by atoms with van der Waals surface area (Å²) in [6.07, 6.45) is 4.54. The predicted molar refractivity (Wildman–Crippen MR) is 76.6 cm³/mol. The van der Waals surface area contributed by atoms with E-state index < -0.39 is 0 Å². The summed E-state index contributed by atoms with van der Waals surface area (Å²) in [6.45, 7) is 1.97. The lowest BCUT2D eigenvalue weighted by molar-refractivity contribution is 0.0924. The van der Waals surface area contributed by atoms with Crippen LogP contribution in [0.15, 0.2) is 18.2 Å². The fraction of sp³-hybridized carbons (Fsp3) is 0.533. The van der Waals surface area contributed by atoms with Gasteiger partial charge in [-0.25, -0.2) is 0 Å². The summed E-state index contributed by atoms with van der Waals surface area (Å²) < 4.78 is 0. The number of hydrogen-bond acceptors (Lipinski definition) is 2. The summed E-state index contributed by atoms with van der Waals surface area (Å²) in [4.78, 5) is 12.3. The second kappa shape index (κ2) is 5.14. The topological polar surface area (TPSA) is 41.1 Å². The van der Waals surface area contributed by atoms with Gasteiger partial charge < -0.3 is 10.6 Å². The molecule has 1 aromatic rings. The molecule has 3 rings (SSSR count). The Kier molecular flexibility index (Phi) is 3.50. The molecule has 0 spiro atoms. The molecule has 2 heterocycles. The Labute approximate surface area is 118 Å². The zero-order chi connectivity index (χ0) is 13.4. The summed E-state index contributed by atoms with van der Waals surface area (Å²) in [7, 11) is 0. The standard InChI is InChI=1S/C15H19ClN2O/c1-9-2-5-13(14(16)6-9)15(19)18-12-7-10-3-4-11(8-12)17-10/h2,5-6,10-12,17H,3-4,7-8H2,1H3,(H,18,19). The molecule has 2 bridgehead atoms. The van der Waals surface area contributed by atoms with Gasteiger partial charge in [-0.3, -0.25) is 4.79 Å². The van der Waals surface area contributed by atoms with E-state index in [-0.39, 0.29) is 11.9 Å². The van der Waals surface area contributed by atoms with Gasteiger partial charge in [0.1, 0.15) is 0 Å². The third kappa shape index (κ3) is 2.77. The van der Waals surface area contributed by atoms with Gasteiger partial charge in [0.25, 0.3) is 5.91 Å². The highest BCUT2D eigenvalue weighted by molar-refractivity contribution is 6.33. The van der Waals surface area contributed by atoms with Crippen LogP contribution in [0.3, 0.4) is 0 Å². The summed E-state index contributed by atoms with van der Waals surface area (Å²) >= 11 is 6.14. The maximum absolute atomic E-state index is 12.3. The number of piperidine rings is 1. The third-order valence-corrected chi connectivity index (χ3v) is 4.49. The van der Waals surface area contributed by atoms with Crippen LogP contribution in [0.25, 0.3) is 0 Å². The summed E-state index contributed by atoms with van der Waals surface area (Å²) in [6, 6.07) is 7.01. The molecule has 2 saturated heterocycles. The van der Waals surface area contributed by atoms with Crippen molar-refractivity contribution < 1.29 is 4.79 Å². The molecule has 2 N–H and O–H groups in total. The van der Waals surface area contributed by atoms with Crippen molar-refractivity contribution in [2.45, 2.75) is 50.7 Å². The largest absolute Gasteiger partial charge is 0.349 e. The van der Waals surface area contributed by atoms with Gasteiger partial charge in [-0.1, -0.05) is 17.7 Å². The van der Waals surface area contributed by atoms with E-state index in [1.807, 2.05) is 25.1 Å². The van der Waals surface area contributed by atoms with Crippen LogP contribution in [-0.2, 0) is 0 Å². The van der Waals surface area contributed by atoms with Crippen molar-refractivity contribution in [1.82, 2.24) is 10.6 Å². The van der Waals surface area contributed by atoms with Crippen LogP contribution in [0, 0.1) is 6.92 Å². The molecule has 0 aromatic heterocycles. The molecule has 4 heteroatoms. The second-order valence-corrected chi connectivity index (χ2v) is 6.17. The van der Waals surface area contributed by atoms with Gasteiger partial charge in [-0.15, -0.1) is 0 Å². The number of hydrogen-bond donors (Lipinski definition) is 2. The fourth-order valence-electron chi connectivity index (χ4n) is 3.24. The van der Waals surface area contributed by atoms with Crippen molar-refractivity contribution in [2.24, 2.45) is 0 Å². The minimum absolute atomic E-state index is 0.0451. The fourth-order valence-corrected chi connectivity index (χ4v) is 3.56. The van der Waals surface area contributed by atoms with Crippen molar-refractivity contribution in [3.63, 3.8) is 0 Å². The van der Waals surface area contributed by atoms with Gasteiger partial charge in [-0.05, 0) is 50.3 Å². The van der Waals surface area contributed by atoms with Crippen LogP contribution in [0.4, 0.5) is 0 Å². The SMILES string of the molecule is Cc1ccc(C(=O)NC2CC3CCC(C2)N3)c(Cl)c1. The Balaban J connectivity index is 1.68. The number of rotatable bonds is 2. The normalized spacial score (nSPS) is 29.3. The lowest BCUT2D eigenvalue weighted by atomic mass is 9.99. The summed E-state index contributed by atoms with van der Waals surface area (Å²) in [5, 5.41) is 7.24. The minimum atomic E-state index is -0.0451. The number of halogens is 1. The van der Waals surface area contributed by atoms with E-state index in [9.17, 15) is 4.79 Å². The van der Waals surface area contributed by atoms with Gasteiger partial charge in [0.2, 0.25) is 0 Å². The zero-order valence-corrected chi connectivity index (χ0v) is 11.8. The first-order valence-corrected chi connectivity index (χ1v) is 7.32. The first kappa shape index (κ1) is 12.9. The number of carbonyl (C=O) groups is 1. The lowest BCUT2D eigenvalue weighted by Gasteiger charge is -2.29. The molecule has 3 nitrogen and oxygen atoms in total. The lowest BCUT2D eigenvalue weighted by Crippen LogP contribution is -2.48. The number of benzene rings is 1. The molecule has 1 amide bonds. The number of aryl methyl sites for hydroxylation is 1. The van der Waals surface area contributed by atoms with Crippen molar-refractivity contribution in [3.8, 4) is 0 Å². The summed E-state index contributed by atoms with van der Waals surface area (Å²) in [5.74, 6) is -0.0451. The van der Waals surface area contributed by atoms with Crippen LogP contribution in [0.5, 0.6) is 0 Å². The third-order valence-electron chi connectivity index (χ3n) is 4.18. The van der Waals surface area contributed by atoms with E-state index >= 15 is 0 Å². The van der Waals surface area contributed by atoms with E-state index in [0.717, 1.165) is 18.4 Å². The van der Waals surface area contributed by atoms with E-state index in [2.05, 4.69) is 10.6 Å². The van der Waals surface area contributed by atoms with Crippen molar-refractivity contribution in [1.29, 1.82) is 0 Å². The second-order valence-electron chi connectivity index (χ2n) is 5.76. The van der Waals surface area contributed by atoms with Crippen LogP contribution >= 0.6 is 11.6 Å². The number of amides is 1. The minimum Gasteiger partial charge on any atom is -0.349 e. The van der Waals surface area contributed by atoms with E-state index in [1.54, 1.807) is 0 Å². The number of fused-ring (bicyclic) bond motifs is 2. The van der Waals surface area contributed by atoms with Crippen molar-refractivity contribution >= 4 is 17.5 Å². The molecule has 0 radical (unpaired) electrons. The molecule has 2 aliphatic heterocycles. The molecule has 1 aromatic carbocycles. The average molecular weight is 279 g/mol. The Morgan fingerprint density at radius 3 is 2.63 bits per heavy atom. The molecule has 0 aliphatic carbocycles. The molecular weight excluding hydrogens is 260 g/mol. The van der Waals surface area contributed by atoms with Gasteiger partial charge in [0.05, 0.1) is 10.6 Å². The highest BCUT2D eigenvalue weighted by Crippen LogP contribution is 2.27. The Bertz CT molecular complexity index is 491. The highest BCUT2D eigenvalue weighted by Gasteiger charge is 2.34.